The van der Waals surface area contributed by atoms with Crippen molar-refractivity contribution in [3.8, 4) is 0 Å². The van der Waals surface area contributed by atoms with E-state index in [0.29, 0.717) is 5.92 Å². The Hall–Kier alpha value is -1.14. The maximum atomic E-state index is 11.3. The van der Waals surface area contributed by atoms with Gasteiger partial charge in [0.15, 0.2) is 0 Å². The molecule has 0 fully saturated rings. The van der Waals surface area contributed by atoms with Crippen molar-refractivity contribution in [2.75, 3.05) is 6.61 Å². The highest BCUT2D eigenvalue weighted by molar-refractivity contribution is 5.96. The summed E-state index contributed by atoms with van der Waals surface area (Å²) in [5.41, 5.74) is 4.83. The van der Waals surface area contributed by atoms with Gasteiger partial charge in [0.1, 0.15) is 0 Å². The van der Waals surface area contributed by atoms with Crippen molar-refractivity contribution in [3.63, 3.8) is 0 Å². The largest absolute Gasteiger partial charge is 0.395 e. The van der Waals surface area contributed by atoms with Crippen LogP contribution in [0.5, 0.6) is 0 Å². The molecular formula is C10H21N3O3. The second-order valence-electron chi connectivity index (χ2n) is 4.25. The van der Waals surface area contributed by atoms with Crippen molar-refractivity contribution >= 4 is 11.9 Å². The molecule has 0 aromatic heterocycles. The van der Waals surface area contributed by atoms with Crippen LogP contribution in [0.3, 0.4) is 0 Å². The van der Waals surface area contributed by atoms with Crippen molar-refractivity contribution in [3.05, 3.63) is 0 Å². The molecule has 6 heteroatoms. The Kier molecular flexibility index (Phi) is 6.67. The Morgan fingerprint density at radius 1 is 1.31 bits per heavy atom. The lowest BCUT2D eigenvalue weighted by molar-refractivity contribution is -0.121. The minimum atomic E-state index is -0.872. The fraction of sp³-hybridized carbons (Fsp3) is 0.800. The third kappa shape index (κ3) is 6.36. The van der Waals surface area contributed by atoms with Crippen LogP contribution in [0.2, 0.25) is 0 Å². The summed E-state index contributed by atoms with van der Waals surface area (Å²) < 4.78 is 0. The number of carbonyl (C=O) groups excluding carboxylic acids is 2. The van der Waals surface area contributed by atoms with Gasteiger partial charge in [-0.15, -0.1) is 0 Å². The first-order valence-electron chi connectivity index (χ1n) is 5.34. The van der Waals surface area contributed by atoms with E-state index in [-0.39, 0.29) is 12.6 Å². The monoisotopic (exact) mass is 231 g/mol. The summed E-state index contributed by atoms with van der Waals surface area (Å²) in [5, 5.41) is 14.0. The standard InChI is InChI=1S/C10H21N3O3/c1-6(2)4-8(5-14)12-7(3)9(15)13-10(11)16/h6-8,12,14H,4-5H2,1-3H3,(H3,11,13,15,16). The van der Waals surface area contributed by atoms with Crippen LogP contribution in [-0.2, 0) is 4.79 Å². The molecule has 0 aromatic rings. The molecule has 0 aliphatic heterocycles. The highest BCUT2D eigenvalue weighted by atomic mass is 16.3. The molecule has 0 bridgehead atoms. The van der Waals surface area contributed by atoms with Crippen LogP contribution in [-0.4, -0.2) is 35.7 Å². The van der Waals surface area contributed by atoms with Crippen LogP contribution in [0.4, 0.5) is 4.79 Å². The van der Waals surface area contributed by atoms with Crippen LogP contribution in [0.15, 0.2) is 0 Å². The number of carbonyl (C=O) groups is 2. The third-order valence-electron chi connectivity index (χ3n) is 2.10. The minimum Gasteiger partial charge on any atom is -0.395 e. The van der Waals surface area contributed by atoms with Crippen molar-refractivity contribution in [2.45, 2.75) is 39.3 Å². The number of primary amides is 1. The Labute approximate surface area is 95.6 Å². The van der Waals surface area contributed by atoms with Crippen LogP contribution < -0.4 is 16.4 Å². The molecule has 0 spiro atoms. The average Bonchev–Trinajstić information content (AvgIpc) is 2.14. The van der Waals surface area contributed by atoms with E-state index < -0.39 is 18.0 Å². The van der Waals surface area contributed by atoms with Crippen molar-refractivity contribution in [2.24, 2.45) is 11.7 Å². The predicted octanol–water partition coefficient (Wildman–Crippen LogP) is -0.434. The van der Waals surface area contributed by atoms with Crippen molar-refractivity contribution < 1.29 is 14.7 Å². The molecule has 0 saturated heterocycles. The molecule has 16 heavy (non-hydrogen) atoms. The average molecular weight is 231 g/mol. The Balaban J connectivity index is 4.13. The molecule has 2 unspecified atom stereocenters. The summed E-state index contributed by atoms with van der Waals surface area (Å²) in [6.07, 6.45) is 0.755. The Morgan fingerprint density at radius 2 is 1.88 bits per heavy atom. The van der Waals surface area contributed by atoms with Gasteiger partial charge in [0, 0.05) is 6.04 Å². The maximum absolute atomic E-state index is 11.3. The fourth-order valence-corrected chi connectivity index (χ4v) is 1.42. The van der Waals surface area contributed by atoms with E-state index in [1.807, 2.05) is 19.2 Å². The quantitative estimate of drug-likeness (QED) is 0.497. The summed E-state index contributed by atoms with van der Waals surface area (Å²) in [4.78, 5) is 21.8. The van der Waals surface area contributed by atoms with Gasteiger partial charge in [-0.25, -0.2) is 4.79 Å². The lowest BCUT2D eigenvalue weighted by Gasteiger charge is -2.22. The maximum Gasteiger partial charge on any atom is 0.318 e. The van der Waals surface area contributed by atoms with Crippen LogP contribution in [0.25, 0.3) is 0 Å². The van der Waals surface area contributed by atoms with Gasteiger partial charge in [0.05, 0.1) is 12.6 Å². The zero-order valence-corrected chi connectivity index (χ0v) is 9.99. The summed E-state index contributed by atoms with van der Waals surface area (Å²) in [7, 11) is 0. The molecule has 0 saturated carbocycles. The summed E-state index contributed by atoms with van der Waals surface area (Å²) in [6, 6.07) is -1.60. The number of aliphatic hydroxyl groups is 1. The van der Waals surface area contributed by atoms with E-state index in [9.17, 15) is 9.59 Å². The van der Waals surface area contributed by atoms with Gasteiger partial charge in [0.2, 0.25) is 5.91 Å². The van der Waals surface area contributed by atoms with Gasteiger partial charge in [-0.2, -0.15) is 0 Å². The molecule has 0 aromatic carbocycles. The molecule has 3 amide bonds. The first-order valence-corrected chi connectivity index (χ1v) is 5.34. The van der Waals surface area contributed by atoms with E-state index in [2.05, 4.69) is 5.32 Å². The smallest absolute Gasteiger partial charge is 0.318 e. The van der Waals surface area contributed by atoms with Crippen molar-refractivity contribution in [1.29, 1.82) is 0 Å². The first-order chi connectivity index (χ1) is 7.36. The van der Waals surface area contributed by atoms with Gasteiger partial charge >= 0.3 is 6.03 Å². The number of hydrogen-bond donors (Lipinski definition) is 4. The second kappa shape index (κ2) is 7.19. The van der Waals surface area contributed by atoms with Gasteiger partial charge in [-0.05, 0) is 19.3 Å². The molecule has 6 nitrogen and oxygen atoms in total. The van der Waals surface area contributed by atoms with Gasteiger partial charge in [-0.1, -0.05) is 13.8 Å². The highest BCUT2D eigenvalue weighted by Crippen LogP contribution is 2.04. The zero-order valence-electron chi connectivity index (χ0n) is 9.99. The van der Waals surface area contributed by atoms with Gasteiger partial charge < -0.3 is 16.2 Å². The number of nitrogens with two attached hydrogens (primary N) is 1. The first kappa shape index (κ1) is 14.9. The molecule has 0 aliphatic carbocycles. The summed E-state index contributed by atoms with van der Waals surface area (Å²) in [6.45, 7) is 5.62. The number of nitrogens with one attached hydrogen (secondary N) is 2. The normalized spacial score (nSPS) is 14.6. The SMILES string of the molecule is CC(C)CC(CO)NC(C)C(=O)NC(N)=O. The fourth-order valence-electron chi connectivity index (χ4n) is 1.42. The summed E-state index contributed by atoms with van der Waals surface area (Å²) in [5.74, 6) is -0.0780. The van der Waals surface area contributed by atoms with Crippen molar-refractivity contribution in [1.82, 2.24) is 10.6 Å². The minimum absolute atomic E-state index is 0.0492. The second-order valence-corrected chi connectivity index (χ2v) is 4.25. The molecule has 94 valence electrons. The number of urea groups is 1. The lowest BCUT2D eigenvalue weighted by atomic mass is 10.0. The molecule has 0 rings (SSSR count). The lowest BCUT2D eigenvalue weighted by Crippen LogP contribution is -2.50. The molecular weight excluding hydrogens is 210 g/mol. The molecule has 0 heterocycles. The summed E-state index contributed by atoms with van der Waals surface area (Å²) >= 11 is 0. The number of aliphatic hydroxyl groups excluding tert-OH is 1. The Morgan fingerprint density at radius 3 is 2.25 bits per heavy atom. The molecule has 2 atom stereocenters. The molecule has 0 aliphatic rings. The zero-order chi connectivity index (χ0) is 12.7. The van der Waals surface area contributed by atoms with E-state index in [1.165, 1.54) is 0 Å². The van der Waals surface area contributed by atoms with Gasteiger partial charge in [-0.3, -0.25) is 10.1 Å². The van der Waals surface area contributed by atoms with E-state index in [4.69, 9.17) is 10.8 Å². The van der Waals surface area contributed by atoms with E-state index in [1.54, 1.807) is 6.92 Å². The van der Waals surface area contributed by atoms with E-state index >= 15 is 0 Å². The topological polar surface area (TPSA) is 104 Å². The Bertz CT molecular complexity index is 243. The number of imide groups is 1. The molecule has 0 radical (unpaired) electrons. The number of rotatable bonds is 6. The highest BCUT2D eigenvalue weighted by Gasteiger charge is 2.18. The van der Waals surface area contributed by atoms with Crippen LogP contribution in [0, 0.1) is 5.92 Å². The number of hydrogen-bond acceptors (Lipinski definition) is 4. The van der Waals surface area contributed by atoms with Crippen LogP contribution in [0.1, 0.15) is 27.2 Å². The third-order valence-corrected chi connectivity index (χ3v) is 2.10. The molecule has 5 N–H and O–H groups in total. The number of amides is 3. The van der Waals surface area contributed by atoms with Crippen LogP contribution >= 0.6 is 0 Å². The van der Waals surface area contributed by atoms with Gasteiger partial charge in [0.25, 0.3) is 0 Å². The van der Waals surface area contributed by atoms with E-state index in [0.717, 1.165) is 6.42 Å². The predicted molar refractivity (Wildman–Crippen MR) is 60.7 cm³/mol.